The quantitative estimate of drug-likeness (QED) is 0.742. The average molecular weight is 340 g/mol. The Hall–Kier alpha value is -3.15. The van der Waals surface area contributed by atoms with E-state index in [1.54, 1.807) is 33.5 Å². The van der Waals surface area contributed by atoms with E-state index < -0.39 is 0 Å². The maximum absolute atomic E-state index is 12.6. The summed E-state index contributed by atoms with van der Waals surface area (Å²) < 4.78 is 16.2. The van der Waals surface area contributed by atoms with Crippen LogP contribution in [0.25, 0.3) is 10.9 Å². The van der Waals surface area contributed by atoms with Gasteiger partial charge in [0.05, 0.1) is 26.8 Å². The first kappa shape index (κ1) is 16.7. The van der Waals surface area contributed by atoms with E-state index in [9.17, 15) is 4.79 Å². The summed E-state index contributed by atoms with van der Waals surface area (Å²) >= 11 is 0. The number of fused-ring (bicyclic) bond motifs is 1. The first-order chi connectivity index (χ1) is 12.1. The minimum Gasteiger partial charge on any atom is -0.493 e. The number of benzene rings is 2. The normalized spacial score (nSPS) is 10.6. The van der Waals surface area contributed by atoms with E-state index in [4.69, 9.17) is 14.2 Å². The maximum atomic E-state index is 12.6. The van der Waals surface area contributed by atoms with Crippen LogP contribution in [-0.4, -0.2) is 32.2 Å². The molecule has 2 aromatic carbocycles. The first-order valence-corrected chi connectivity index (χ1v) is 7.77. The third-order valence-corrected chi connectivity index (χ3v) is 3.94. The molecule has 0 aliphatic carbocycles. The number of aromatic amines is 1. The fourth-order valence-electron chi connectivity index (χ4n) is 2.79. The molecular weight excluding hydrogens is 320 g/mol. The monoisotopic (exact) mass is 340 g/mol. The van der Waals surface area contributed by atoms with Gasteiger partial charge < -0.3 is 24.5 Å². The molecule has 2 N–H and O–H groups in total. The number of hydrogen-bond acceptors (Lipinski definition) is 4. The molecule has 0 saturated heterocycles. The topological polar surface area (TPSA) is 72.6 Å². The molecule has 3 rings (SSSR count). The number of hydrogen-bond donors (Lipinski definition) is 2. The van der Waals surface area contributed by atoms with Crippen molar-refractivity contribution < 1.29 is 19.0 Å². The van der Waals surface area contributed by atoms with Gasteiger partial charge in [0.15, 0.2) is 11.5 Å². The SMILES string of the molecule is COc1cc2cc(C(=O)Nc3cccc(C)c3)[nH]c2c(OC)c1OC. The van der Waals surface area contributed by atoms with Crippen molar-refractivity contribution in [3.05, 3.63) is 47.7 Å². The van der Waals surface area contributed by atoms with E-state index in [-0.39, 0.29) is 5.91 Å². The Kier molecular flexibility index (Phi) is 4.52. The number of H-pyrrole nitrogens is 1. The summed E-state index contributed by atoms with van der Waals surface area (Å²) in [5.41, 5.74) is 2.91. The van der Waals surface area contributed by atoms with Crippen molar-refractivity contribution in [1.29, 1.82) is 0 Å². The van der Waals surface area contributed by atoms with Gasteiger partial charge in [0.2, 0.25) is 5.75 Å². The number of nitrogens with one attached hydrogen (secondary N) is 2. The van der Waals surface area contributed by atoms with E-state index in [1.807, 2.05) is 31.2 Å². The summed E-state index contributed by atoms with van der Waals surface area (Å²) in [6.45, 7) is 1.97. The van der Waals surface area contributed by atoms with Crippen LogP contribution in [0.5, 0.6) is 17.2 Å². The zero-order valence-electron chi connectivity index (χ0n) is 14.6. The Bertz CT molecular complexity index is 931. The van der Waals surface area contributed by atoms with Crippen molar-refractivity contribution in [3.8, 4) is 17.2 Å². The summed E-state index contributed by atoms with van der Waals surface area (Å²) in [7, 11) is 4.64. The van der Waals surface area contributed by atoms with E-state index in [0.717, 1.165) is 16.6 Å². The highest BCUT2D eigenvalue weighted by Gasteiger charge is 2.19. The fraction of sp³-hybridized carbons (Fsp3) is 0.211. The smallest absolute Gasteiger partial charge is 0.272 e. The Morgan fingerprint density at radius 3 is 2.40 bits per heavy atom. The highest BCUT2D eigenvalue weighted by Crippen LogP contribution is 2.43. The number of carbonyl (C=O) groups is 1. The van der Waals surface area contributed by atoms with Gasteiger partial charge in [-0.05, 0) is 36.8 Å². The summed E-state index contributed by atoms with van der Waals surface area (Å²) in [4.78, 5) is 15.7. The molecule has 0 unspecified atom stereocenters. The van der Waals surface area contributed by atoms with Crippen molar-refractivity contribution in [3.63, 3.8) is 0 Å². The van der Waals surface area contributed by atoms with Crippen molar-refractivity contribution >= 4 is 22.5 Å². The molecule has 0 radical (unpaired) electrons. The van der Waals surface area contributed by atoms with Gasteiger partial charge in [-0.25, -0.2) is 0 Å². The van der Waals surface area contributed by atoms with Crippen LogP contribution in [0.15, 0.2) is 36.4 Å². The van der Waals surface area contributed by atoms with E-state index >= 15 is 0 Å². The minimum atomic E-state index is -0.234. The van der Waals surface area contributed by atoms with Crippen LogP contribution in [0.1, 0.15) is 16.1 Å². The molecular formula is C19H20N2O4. The molecule has 0 bridgehead atoms. The first-order valence-electron chi connectivity index (χ1n) is 7.77. The van der Waals surface area contributed by atoms with Crippen LogP contribution in [0, 0.1) is 6.92 Å². The molecule has 6 heteroatoms. The average Bonchev–Trinajstić information content (AvgIpc) is 3.03. The molecule has 130 valence electrons. The number of aryl methyl sites for hydroxylation is 1. The summed E-state index contributed by atoms with van der Waals surface area (Å²) in [6, 6.07) is 11.2. The number of anilines is 1. The molecule has 0 atom stereocenters. The molecule has 1 aromatic heterocycles. The third-order valence-electron chi connectivity index (χ3n) is 3.94. The van der Waals surface area contributed by atoms with E-state index in [1.165, 1.54) is 0 Å². The van der Waals surface area contributed by atoms with Gasteiger partial charge >= 0.3 is 0 Å². The Labute approximate surface area is 145 Å². The maximum Gasteiger partial charge on any atom is 0.272 e. The zero-order valence-corrected chi connectivity index (χ0v) is 14.6. The Morgan fingerprint density at radius 2 is 1.76 bits per heavy atom. The van der Waals surface area contributed by atoms with E-state index in [0.29, 0.717) is 28.5 Å². The van der Waals surface area contributed by atoms with E-state index in [2.05, 4.69) is 10.3 Å². The van der Waals surface area contributed by atoms with Gasteiger partial charge in [-0.2, -0.15) is 0 Å². The largest absolute Gasteiger partial charge is 0.493 e. The van der Waals surface area contributed by atoms with Crippen molar-refractivity contribution in [2.45, 2.75) is 6.92 Å². The predicted octanol–water partition coefficient (Wildman–Crippen LogP) is 3.75. The van der Waals surface area contributed by atoms with Gasteiger partial charge in [-0.1, -0.05) is 12.1 Å². The number of carbonyl (C=O) groups excluding carboxylic acids is 1. The molecule has 1 amide bonds. The van der Waals surface area contributed by atoms with Crippen LogP contribution in [0.4, 0.5) is 5.69 Å². The highest BCUT2D eigenvalue weighted by molar-refractivity contribution is 6.07. The van der Waals surface area contributed by atoms with Crippen molar-refractivity contribution in [2.75, 3.05) is 26.6 Å². The predicted molar refractivity (Wildman–Crippen MR) is 97.1 cm³/mol. The molecule has 0 saturated carbocycles. The number of methoxy groups -OCH3 is 3. The van der Waals surface area contributed by atoms with Crippen LogP contribution in [0.2, 0.25) is 0 Å². The molecule has 0 fully saturated rings. The third kappa shape index (κ3) is 3.10. The van der Waals surface area contributed by atoms with Gasteiger partial charge in [-0.15, -0.1) is 0 Å². The number of ether oxygens (including phenoxy) is 3. The Balaban J connectivity index is 2.01. The standard InChI is InChI=1S/C19H20N2O4/c1-11-6-5-7-13(8-11)20-19(22)14-9-12-10-15(23-2)17(24-3)18(25-4)16(12)21-14/h5-10,21H,1-4H3,(H,20,22). The number of aromatic nitrogens is 1. The van der Waals surface area contributed by atoms with Crippen LogP contribution >= 0.6 is 0 Å². The van der Waals surface area contributed by atoms with Crippen LogP contribution < -0.4 is 19.5 Å². The zero-order chi connectivity index (χ0) is 18.0. The van der Waals surface area contributed by atoms with Crippen LogP contribution in [-0.2, 0) is 0 Å². The molecule has 0 aliphatic rings. The molecule has 0 spiro atoms. The minimum absolute atomic E-state index is 0.234. The highest BCUT2D eigenvalue weighted by atomic mass is 16.5. The number of rotatable bonds is 5. The lowest BCUT2D eigenvalue weighted by Gasteiger charge is -2.12. The molecule has 3 aromatic rings. The molecule has 6 nitrogen and oxygen atoms in total. The van der Waals surface area contributed by atoms with Gasteiger partial charge in [0, 0.05) is 11.1 Å². The molecule has 25 heavy (non-hydrogen) atoms. The summed E-state index contributed by atoms with van der Waals surface area (Å²) in [5.74, 6) is 1.27. The second-order valence-electron chi connectivity index (χ2n) is 5.62. The lowest BCUT2D eigenvalue weighted by Crippen LogP contribution is -2.12. The second-order valence-corrected chi connectivity index (χ2v) is 5.62. The number of amides is 1. The summed E-state index contributed by atoms with van der Waals surface area (Å²) in [5, 5.41) is 3.68. The van der Waals surface area contributed by atoms with Gasteiger partial charge in [-0.3, -0.25) is 4.79 Å². The lowest BCUT2D eigenvalue weighted by molar-refractivity contribution is 0.102. The Morgan fingerprint density at radius 1 is 1.00 bits per heavy atom. The van der Waals surface area contributed by atoms with Crippen molar-refractivity contribution in [1.82, 2.24) is 4.98 Å². The van der Waals surface area contributed by atoms with Gasteiger partial charge in [0.25, 0.3) is 5.91 Å². The van der Waals surface area contributed by atoms with Gasteiger partial charge in [0.1, 0.15) is 5.69 Å². The molecule has 1 heterocycles. The summed E-state index contributed by atoms with van der Waals surface area (Å²) in [6.07, 6.45) is 0. The second kappa shape index (κ2) is 6.76. The fourth-order valence-corrected chi connectivity index (χ4v) is 2.79. The van der Waals surface area contributed by atoms with Crippen molar-refractivity contribution in [2.24, 2.45) is 0 Å². The molecule has 0 aliphatic heterocycles. The lowest BCUT2D eigenvalue weighted by atomic mass is 10.2. The van der Waals surface area contributed by atoms with Crippen LogP contribution in [0.3, 0.4) is 0 Å².